The SMILES string of the molecule is O=C(O)N1CCCC(CCO)C1. The van der Waals surface area contributed by atoms with Crippen LogP contribution < -0.4 is 0 Å². The molecule has 1 amide bonds. The first-order valence-corrected chi connectivity index (χ1v) is 4.32. The van der Waals surface area contributed by atoms with Gasteiger partial charge in [-0.25, -0.2) is 4.79 Å². The predicted octanol–water partition coefficient (Wildman–Crippen LogP) is 0.759. The van der Waals surface area contributed by atoms with Crippen LogP contribution in [-0.4, -0.2) is 40.9 Å². The molecular weight excluding hydrogens is 158 g/mol. The number of hydrogen-bond donors (Lipinski definition) is 2. The molecule has 1 aliphatic rings. The summed E-state index contributed by atoms with van der Waals surface area (Å²) < 4.78 is 0. The first kappa shape index (κ1) is 9.32. The number of rotatable bonds is 2. The molecule has 1 aliphatic heterocycles. The van der Waals surface area contributed by atoms with E-state index in [1.807, 2.05) is 0 Å². The van der Waals surface area contributed by atoms with Gasteiger partial charge in [0.05, 0.1) is 0 Å². The number of amides is 1. The molecule has 0 aromatic rings. The fourth-order valence-electron chi connectivity index (χ4n) is 1.66. The summed E-state index contributed by atoms with van der Waals surface area (Å²) in [4.78, 5) is 12.0. The van der Waals surface area contributed by atoms with E-state index in [0.717, 1.165) is 19.3 Å². The van der Waals surface area contributed by atoms with Gasteiger partial charge in [-0.15, -0.1) is 0 Å². The number of aliphatic hydroxyl groups excluding tert-OH is 1. The van der Waals surface area contributed by atoms with Crippen LogP contribution >= 0.6 is 0 Å². The third-order valence-corrected chi connectivity index (χ3v) is 2.33. The second kappa shape index (κ2) is 4.30. The standard InChI is InChI=1S/C8H15NO3/c10-5-3-7-2-1-4-9(6-7)8(11)12/h7,10H,1-6H2,(H,11,12). The topological polar surface area (TPSA) is 60.8 Å². The van der Waals surface area contributed by atoms with Gasteiger partial charge in [-0.05, 0) is 25.2 Å². The van der Waals surface area contributed by atoms with Gasteiger partial charge in [-0.1, -0.05) is 0 Å². The van der Waals surface area contributed by atoms with Crippen LogP contribution in [0.5, 0.6) is 0 Å². The highest BCUT2D eigenvalue weighted by atomic mass is 16.4. The monoisotopic (exact) mass is 173 g/mol. The lowest BCUT2D eigenvalue weighted by molar-refractivity contribution is 0.112. The third kappa shape index (κ3) is 2.37. The molecule has 0 saturated carbocycles. The van der Waals surface area contributed by atoms with Crippen molar-refractivity contribution in [2.24, 2.45) is 5.92 Å². The maximum absolute atomic E-state index is 10.6. The Morgan fingerprint density at radius 3 is 2.92 bits per heavy atom. The van der Waals surface area contributed by atoms with Crippen molar-refractivity contribution >= 4 is 6.09 Å². The Balaban J connectivity index is 2.35. The van der Waals surface area contributed by atoms with Gasteiger partial charge < -0.3 is 15.1 Å². The van der Waals surface area contributed by atoms with Crippen molar-refractivity contribution < 1.29 is 15.0 Å². The largest absolute Gasteiger partial charge is 0.465 e. The van der Waals surface area contributed by atoms with Crippen molar-refractivity contribution in [3.63, 3.8) is 0 Å². The number of piperidine rings is 1. The Morgan fingerprint density at radius 2 is 2.33 bits per heavy atom. The van der Waals surface area contributed by atoms with Gasteiger partial charge in [0.1, 0.15) is 0 Å². The fraction of sp³-hybridized carbons (Fsp3) is 0.875. The first-order chi connectivity index (χ1) is 5.74. The van der Waals surface area contributed by atoms with Gasteiger partial charge in [-0.3, -0.25) is 0 Å². The molecule has 1 fully saturated rings. The summed E-state index contributed by atoms with van der Waals surface area (Å²) in [5.41, 5.74) is 0. The summed E-state index contributed by atoms with van der Waals surface area (Å²) in [6.07, 6.45) is 1.86. The molecule has 2 N–H and O–H groups in total. The normalized spacial score (nSPS) is 24.1. The van der Waals surface area contributed by atoms with Crippen LogP contribution in [0.1, 0.15) is 19.3 Å². The molecule has 1 unspecified atom stereocenters. The molecule has 1 atom stereocenters. The lowest BCUT2D eigenvalue weighted by Crippen LogP contribution is -2.39. The molecule has 1 saturated heterocycles. The van der Waals surface area contributed by atoms with Gasteiger partial charge >= 0.3 is 6.09 Å². The summed E-state index contributed by atoms with van der Waals surface area (Å²) in [5, 5.41) is 17.4. The zero-order chi connectivity index (χ0) is 8.97. The Bertz CT molecular complexity index is 158. The van der Waals surface area contributed by atoms with Crippen LogP contribution in [0.3, 0.4) is 0 Å². The molecule has 12 heavy (non-hydrogen) atoms. The molecule has 1 rings (SSSR count). The van der Waals surface area contributed by atoms with E-state index in [-0.39, 0.29) is 6.61 Å². The highest BCUT2D eigenvalue weighted by Gasteiger charge is 2.22. The Hall–Kier alpha value is -0.770. The summed E-state index contributed by atoms with van der Waals surface area (Å²) in [7, 11) is 0. The van der Waals surface area contributed by atoms with E-state index >= 15 is 0 Å². The summed E-state index contributed by atoms with van der Waals surface area (Å²) >= 11 is 0. The number of likely N-dealkylation sites (tertiary alicyclic amines) is 1. The highest BCUT2D eigenvalue weighted by molar-refractivity contribution is 5.65. The summed E-state index contributed by atoms with van der Waals surface area (Å²) in [6.45, 7) is 1.41. The van der Waals surface area contributed by atoms with E-state index in [1.165, 1.54) is 4.90 Å². The minimum atomic E-state index is -0.836. The Labute approximate surface area is 71.8 Å². The summed E-state index contributed by atoms with van der Waals surface area (Å²) in [6, 6.07) is 0. The summed E-state index contributed by atoms with van der Waals surface area (Å²) in [5.74, 6) is 0.361. The molecule has 70 valence electrons. The molecule has 0 aromatic carbocycles. The van der Waals surface area contributed by atoms with E-state index in [4.69, 9.17) is 10.2 Å². The van der Waals surface area contributed by atoms with Gasteiger partial charge in [-0.2, -0.15) is 0 Å². The Kier molecular flexibility index (Phi) is 3.34. The van der Waals surface area contributed by atoms with E-state index in [1.54, 1.807) is 0 Å². The quantitative estimate of drug-likeness (QED) is 0.648. The van der Waals surface area contributed by atoms with Crippen LogP contribution in [0.2, 0.25) is 0 Å². The van der Waals surface area contributed by atoms with Gasteiger partial charge in [0.25, 0.3) is 0 Å². The van der Waals surface area contributed by atoms with Crippen molar-refractivity contribution in [2.45, 2.75) is 19.3 Å². The molecule has 0 aromatic heterocycles. The average Bonchev–Trinajstić information content (AvgIpc) is 2.05. The van der Waals surface area contributed by atoms with Gasteiger partial charge in [0.2, 0.25) is 0 Å². The van der Waals surface area contributed by atoms with Crippen molar-refractivity contribution in [1.82, 2.24) is 4.90 Å². The predicted molar refractivity (Wildman–Crippen MR) is 44.0 cm³/mol. The van der Waals surface area contributed by atoms with Crippen LogP contribution in [0, 0.1) is 5.92 Å². The van der Waals surface area contributed by atoms with E-state index in [9.17, 15) is 4.79 Å². The molecule has 1 heterocycles. The fourth-order valence-corrected chi connectivity index (χ4v) is 1.66. The highest BCUT2D eigenvalue weighted by Crippen LogP contribution is 2.18. The van der Waals surface area contributed by atoms with Crippen molar-refractivity contribution in [3.8, 4) is 0 Å². The molecule has 0 radical (unpaired) electrons. The first-order valence-electron chi connectivity index (χ1n) is 4.32. The number of nitrogens with zero attached hydrogens (tertiary/aromatic N) is 1. The number of carboxylic acid groups (broad SMARTS) is 1. The van der Waals surface area contributed by atoms with Gasteiger partial charge in [0, 0.05) is 19.7 Å². The van der Waals surface area contributed by atoms with Crippen LogP contribution in [0.15, 0.2) is 0 Å². The molecule has 4 nitrogen and oxygen atoms in total. The minimum absolute atomic E-state index is 0.165. The second-order valence-corrected chi connectivity index (χ2v) is 3.25. The lowest BCUT2D eigenvalue weighted by atomic mass is 9.95. The maximum Gasteiger partial charge on any atom is 0.407 e. The van der Waals surface area contributed by atoms with Crippen LogP contribution in [0.25, 0.3) is 0 Å². The van der Waals surface area contributed by atoms with E-state index in [2.05, 4.69) is 0 Å². The maximum atomic E-state index is 10.6. The lowest BCUT2D eigenvalue weighted by Gasteiger charge is -2.30. The molecule has 0 aliphatic carbocycles. The van der Waals surface area contributed by atoms with Crippen molar-refractivity contribution in [1.29, 1.82) is 0 Å². The number of carbonyl (C=O) groups is 1. The van der Waals surface area contributed by atoms with Crippen molar-refractivity contribution in [2.75, 3.05) is 19.7 Å². The van der Waals surface area contributed by atoms with Gasteiger partial charge in [0.15, 0.2) is 0 Å². The number of aliphatic hydroxyl groups is 1. The van der Waals surface area contributed by atoms with Crippen LogP contribution in [-0.2, 0) is 0 Å². The molecule has 0 bridgehead atoms. The zero-order valence-electron chi connectivity index (χ0n) is 7.07. The number of hydrogen-bond acceptors (Lipinski definition) is 2. The molecule has 4 heteroatoms. The van der Waals surface area contributed by atoms with E-state index in [0.29, 0.717) is 19.0 Å². The smallest absolute Gasteiger partial charge is 0.407 e. The Morgan fingerprint density at radius 1 is 1.58 bits per heavy atom. The average molecular weight is 173 g/mol. The third-order valence-electron chi connectivity index (χ3n) is 2.33. The molecule has 0 spiro atoms. The van der Waals surface area contributed by atoms with Crippen molar-refractivity contribution in [3.05, 3.63) is 0 Å². The van der Waals surface area contributed by atoms with Crippen LogP contribution in [0.4, 0.5) is 4.79 Å². The second-order valence-electron chi connectivity index (χ2n) is 3.25. The van der Waals surface area contributed by atoms with E-state index < -0.39 is 6.09 Å². The minimum Gasteiger partial charge on any atom is -0.465 e. The molecular formula is C8H15NO3. The zero-order valence-corrected chi connectivity index (χ0v) is 7.07.